The summed E-state index contributed by atoms with van der Waals surface area (Å²) in [6, 6.07) is 0. The maximum Gasteiger partial charge on any atom is 0.0463 e. The second kappa shape index (κ2) is 4.88. The van der Waals surface area contributed by atoms with Crippen molar-refractivity contribution in [3.63, 3.8) is 0 Å². The quantitative estimate of drug-likeness (QED) is 0.475. The lowest BCUT2D eigenvalue weighted by Crippen LogP contribution is -2.35. The van der Waals surface area contributed by atoms with Gasteiger partial charge in [0.2, 0.25) is 0 Å². The van der Waals surface area contributed by atoms with E-state index in [1.807, 2.05) is 0 Å². The molecule has 1 heterocycles. The van der Waals surface area contributed by atoms with E-state index in [4.69, 9.17) is 11.6 Å². The lowest BCUT2D eigenvalue weighted by molar-refractivity contribution is 0.254. The van der Waals surface area contributed by atoms with E-state index in [1.54, 1.807) is 0 Å². The number of likely N-dealkylation sites (tertiary alicyclic amines) is 1. The first-order valence-corrected chi connectivity index (χ1v) is 5.12. The van der Waals surface area contributed by atoms with Gasteiger partial charge < -0.3 is 0 Å². The molecule has 12 heavy (non-hydrogen) atoms. The minimum atomic E-state index is 0.379. The average Bonchev–Trinajstić information content (AvgIpc) is 2.01. The molecule has 70 valence electrons. The van der Waals surface area contributed by atoms with E-state index in [9.17, 15) is 0 Å². The molecule has 1 aliphatic rings. The van der Waals surface area contributed by atoms with Crippen LogP contribution in [0, 0.1) is 0 Å². The molecule has 0 aliphatic carbocycles. The molecule has 0 saturated carbocycles. The van der Waals surface area contributed by atoms with Gasteiger partial charge >= 0.3 is 0 Å². The SMILES string of the molecule is CC(C)=CCN1CCCC(Cl)C1. The third kappa shape index (κ3) is 3.59. The molecule has 1 aliphatic heterocycles. The summed E-state index contributed by atoms with van der Waals surface area (Å²) in [5, 5.41) is 0.379. The molecule has 1 fully saturated rings. The van der Waals surface area contributed by atoms with Gasteiger partial charge in [0.1, 0.15) is 0 Å². The van der Waals surface area contributed by atoms with E-state index < -0.39 is 0 Å². The van der Waals surface area contributed by atoms with E-state index in [-0.39, 0.29) is 0 Å². The Kier molecular flexibility index (Phi) is 4.10. The van der Waals surface area contributed by atoms with Crippen LogP contribution in [-0.2, 0) is 0 Å². The first-order chi connectivity index (χ1) is 5.68. The summed E-state index contributed by atoms with van der Waals surface area (Å²) in [6.45, 7) is 7.63. The van der Waals surface area contributed by atoms with E-state index in [0.29, 0.717) is 5.38 Å². The van der Waals surface area contributed by atoms with Crippen molar-refractivity contribution in [1.82, 2.24) is 4.90 Å². The Bertz CT molecular complexity index is 161. The highest BCUT2D eigenvalue weighted by Gasteiger charge is 2.15. The fourth-order valence-corrected chi connectivity index (χ4v) is 1.83. The topological polar surface area (TPSA) is 3.24 Å². The van der Waals surface area contributed by atoms with Gasteiger partial charge in [-0.25, -0.2) is 0 Å². The monoisotopic (exact) mass is 187 g/mol. The van der Waals surface area contributed by atoms with E-state index >= 15 is 0 Å². The van der Waals surface area contributed by atoms with Gasteiger partial charge in [-0.05, 0) is 33.2 Å². The molecule has 1 unspecified atom stereocenters. The Morgan fingerprint density at radius 2 is 2.33 bits per heavy atom. The van der Waals surface area contributed by atoms with Gasteiger partial charge in [0, 0.05) is 18.5 Å². The molecule has 0 aromatic rings. The van der Waals surface area contributed by atoms with Crippen LogP contribution in [0.4, 0.5) is 0 Å². The van der Waals surface area contributed by atoms with E-state index in [0.717, 1.165) is 13.1 Å². The number of piperidine rings is 1. The summed E-state index contributed by atoms with van der Waals surface area (Å²) in [6.07, 6.45) is 4.71. The number of nitrogens with zero attached hydrogens (tertiary/aromatic N) is 1. The third-order valence-electron chi connectivity index (χ3n) is 2.21. The van der Waals surface area contributed by atoms with Gasteiger partial charge in [0.25, 0.3) is 0 Å². The maximum atomic E-state index is 6.06. The molecular formula is C10H18ClN. The van der Waals surface area contributed by atoms with Crippen LogP contribution < -0.4 is 0 Å². The van der Waals surface area contributed by atoms with Crippen molar-refractivity contribution >= 4 is 11.6 Å². The minimum absolute atomic E-state index is 0.379. The number of halogens is 1. The Balaban J connectivity index is 2.27. The van der Waals surface area contributed by atoms with Crippen molar-refractivity contribution in [3.05, 3.63) is 11.6 Å². The van der Waals surface area contributed by atoms with Crippen molar-refractivity contribution in [3.8, 4) is 0 Å². The molecule has 0 spiro atoms. The highest BCUT2D eigenvalue weighted by molar-refractivity contribution is 6.20. The number of allylic oxidation sites excluding steroid dienone is 1. The van der Waals surface area contributed by atoms with Crippen LogP contribution in [0.2, 0.25) is 0 Å². The zero-order valence-electron chi connectivity index (χ0n) is 8.02. The molecule has 0 aromatic carbocycles. The first kappa shape index (κ1) is 10.1. The Hall–Kier alpha value is -0.0100. The van der Waals surface area contributed by atoms with Gasteiger partial charge in [0.05, 0.1) is 0 Å². The van der Waals surface area contributed by atoms with Crippen LogP contribution in [0.1, 0.15) is 26.7 Å². The highest BCUT2D eigenvalue weighted by atomic mass is 35.5. The molecule has 2 heteroatoms. The largest absolute Gasteiger partial charge is 0.298 e. The molecule has 1 saturated heterocycles. The lowest BCUT2D eigenvalue weighted by atomic mass is 10.1. The van der Waals surface area contributed by atoms with Crippen molar-refractivity contribution in [1.29, 1.82) is 0 Å². The number of hydrogen-bond donors (Lipinski definition) is 0. The molecule has 1 rings (SSSR count). The van der Waals surface area contributed by atoms with Crippen LogP contribution in [0.15, 0.2) is 11.6 Å². The zero-order chi connectivity index (χ0) is 8.97. The third-order valence-corrected chi connectivity index (χ3v) is 2.56. The van der Waals surface area contributed by atoms with Crippen molar-refractivity contribution < 1.29 is 0 Å². The van der Waals surface area contributed by atoms with Gasteiger partial charge in [-0.15, -0.1) is 11.6 Å². The van der Waals surface area contributed by atoms with E-state index in [2.05, 4.69) is 24.8 Å². The van der Waals surface area contributed by atoms with Crippen LogP contribution in [0.3, 0.4) is 0 Å². The molecule has 1 nitrogen and oxygen atoms in total. The molecular weight excluding hydrogens is 170 g/mol. The van der Waals surface area contributed by atoms with Gasteiger partial charge in [0.15, 0.2) is 0 Å². The standard InChI is InChI=1S/C10H18ClN/c1-9(2)5-7-12-6-3-4-10(11)8-12/h5,10H,3-4,6-8H2,1-2H3. The fourth-order valence-electron chi connectivity index (χ4n) is 1.48. The average molecular weight is 188 g/mol. The summed E-state index contributed by atoms with van der Waals surface area (Å²) >= 11 is 6.06. The zero-order valence-corrected chi connectivity index (χ0v) is 8.77. The predicted octanol–water partition coefficient (Wildman–Crippen LogP) is 2.66. The highest BCUT2D eigenvalue weighted by Crippen LogP contribution is 2.14. The second-order valence-electron chi connectivity index (χ2n) is 3.78. The van der Waals surface area contributed by atoms with Crippen LogP contribution in [0.25, 0.3) is 0 Å². The van der Waals surface area contributed by atoms with Crippen LogP contribution >= 0.6 is 11.6 Å². The summed E-state index contributed by atoms with van der Waals surface area (Å²) < 4.78 is 0. The maximum absolute atomic E-state index is 6.06. The van der Waals surface area contributed by atoms with Crippen LogP contribution in [-0.4, -0.2) is 29.9 Å². The summed E-state index contributed by atoms with van der Waals surface area (Å²) in [5.74, 6) is 0. The van der Waals surface area contributed by atoms with Crippen molar-refractivity contribution in [2.24, 2.45) is 0 Å². The summed E-state index contributed by atoms with van der Waals surface area (Å²) in [4.78, 5) is 2.42. The Labute approximate surface area is 80.4 Å². The Morgan fingerprint density at radius 1 is 1.58 bits per heavy atom. The molecule has 0 bridgehead atoms. The van der Waals surface area contributed by atoms with Crippen molar-refractivity contribution in [2.75, 3.05) is 19.6 Å². The van der Waals surface area contributed by atoms with Gasteiger partial charge in [-0.3, -0.25) is 4.90 Å². The van der Waals surface area contributed by atoms with Crippen molar-refractivity contribution in [2.45, 2.75) is 32.1 Å². The first-order valence-electron chi connectivity index (χ1n) is 4.68. The number of alkyl halides is 1. The molecule has 0 aromatic heterocycles. The number of hydrogen-bond acceptors (Lipinski definition) is 1. The van der Waals surface area contributed by atoms with Crippen LogP contribution in [0.5, 0.6) is 0 Å². The lowest BCUT2D eigenvalue weighted by Gasteiger charge is -2.28. The van der Waals surface area contributed by atoms with E-state index in [1.165, 1.54) is 25.0 Å². The molecule has 0 amide bonds. The fraction of sp³-hybridized carbons (Fsp3) is 0.800. The second-order valence-corrected chi connectivity index (χ2v) is 4.40. The summed E-state index contributed by atoms with van der Waals surface area (Å²) in [7, 11) is 0. The predicted molar refractivity (Wildman–Crippen MR) is 54.7 cm³/mol. The molecule has 1 atom stereocenters. The van der Waals surface area contributed by atoms with Gasteiger partial charge in [-0.2, -0.15) is 0 Å². The number of rotatable bonds is 2. The normalized spacial score (nSPS) is 25.4. The minimum Gasteiger partial charge on any atom is -0.298 e. The Morgan fingerprint density at radius 3 is 2.92 bits per heavy atom. The molecule has 0 N–H and O–H groups in total. The smallest absolute Gasteiger partial charge is 0.0463 e. The molecule has 0 radical (unpaired) electrons. The van der Waals surface area contributed by atoms with Gasteiger partial charge in [-0.1, -0.05) is 11.6 Å². The summed E-state index contributed by atoms with van der Waals surface area (Å²) in [5.41, 5.74) is 1.40.